The van der Waals surface area contributed by atoms with Crippen LogP contribution in [-0.2, 0) is 4.79 Å². The van der Waals surface area contributed by atoms with Crippen molar-refractivity contribution in [2.24, 2.45) is 0 Å². The highest BCUT2D eigenvalue weighted by molar-refractivity contribution is 6.35. The standard InChI is InChI=1S/C14H14ClNO3/c1-2-4-12(14(17)18)19-11-7-6-10(15)9-5-3-8-16-13(9)11/h3,5-8,12H,2,4H2,1H3,(H,17,18). The van der Waals surface area contributed by atoms with E-state index in [4.69, 9.17) is 21.4 Å². The maximum Gasteiger partial charge on any atom is 0.344 e. The summed E-state index contributed by atoms with van der Waals surface area (Å²) in [5.74, 6) is -0.526. The quantitative estimate of drug-likeness (QED) is 0.910. The van der Waals surface area contributed by atoms with E-state index in [9.17, 15) is 4.79 Å². The molecule has 0 amide bonds. The first-order chi connectivity index (χ1) is 9.13. The maximum atomic E-state index is 11.1. The smallest absolute Gasteiger partial charge is 0.344 e. The van der Waals surface area contributed by atoms with Crippen molar-refractivity contribution in [3.05, 3.63) is 35.5 Å². The fourth-order valence-corrected chi connectivity index (χ4v) is 2.07. The number of aliphatic carboxylic acids is 1. The molecular formula is C14H14ClNO3. The van der Waals surface area contributed by atoms with Crippen LogP contribution in [0.15, 0.2) is 30.5 Å². The van der Waals surface area contributed by atoms with Gasteiger partial charge in [0.1, 0.15) is 11.3 Å². The van der Waals surface area contributed by atoms with Crippen molar-refractivity contribution in [1.82, 2.24) is 4.98 Å². The number of ether oxygens (including phenoxy) is 1. The molecule has 1 aromatic heterocycles. The highest BCUT2D eigenvalue weighted by Gasteiger charge is 2.19. The monoisotopic (exact) mass is 279 g/mol. The Balaban J connectivity index is 2.40. The minimum Gasteiger partial charge on any atom is -0.479 e. The number of halogens is 1. The summed E-state index contributed by atoms with van der Waals surface area (Å²) < 4.78 is 5.56. The average molecular weight is 280 g/mol. The summed E-state index contributed by atoms with van der Waals surface area (Å²) >= 11 is 6.08. The van der Waals surface area contributed by atoms with Gasteiger partial charge in [-0.05, 0) is 30.7 Å². The molecule has 0 bridgehead atoms. The predicted octanol–water partition coefficient (Wildman–Crippen LogP) is 3.52. The number of aromatic nitrogens is 1. The molecule has 1 unspecified atom stereocenters. The molecule has 0 aliphatic rings. The minimum atomic E-state index is -0.971. The van der Waals surface area contributed by atoms with Crippen LogP contribution < -0.4 is 4.74 Å². The molecule has 100 valence electrons. The summed E-state index contributed by atoms with van der Waals surface area (Å²) in [6.45, 7) is 1.91. The fourth-order valence-electron chi connectivity index (χ4n) is 1.86. The van der Waals surface area contributed by atoms with E-state index in [1.165, 1.54) is 0 Å². The summed E-state index contributed by atoms with van der Waals surface area (Å²) in [5, 5.41) is 10.4. The number of benzene rings is 1. The molecule has 2 aromatic rings. The Labute approximate surface area is 116 Å². The van der Waals surface area contributed by atoms with Gasteiger partial charge in [-0.3, -0.25) is 4.98 Å². The molecule has 1 atom stereocenters. The van der Waals surface area contributed by atoms with Gasteiger partial charge in [0, 0.05) is 11.6 Å². The molecule has 0 saturated carbocycles. The Morgan fingerprint density at radius 1 is 1.47 bits per heavy atom. The van der Waals surface area contributed by atoms with Crippen LogP contribution in [0.2, 0.25) is 5.02 Å². The van der Waals surface area contributed by atoms with E-state index in [0.717, 1.165) is 11.8 Å². The highest BCUT2D eigenvalue weighted by Crippen LogP contribution is 2.30. The summed E-state index contributed by atoms with van der Waals surface area (Å²) in [4.78, 5) is 15.3. The molecule has 1 heterocycles. The van der Waals surface area contributed by atoms with Gasteiger partial charge < -0.3 is 9.84 Å². The first-order valence-corrected chi connectivity index (χ1v) is 6.44. The summed E-state index contributed by atoms with van der Waals surface area (Å²) in [6, 6.07) is 6.95. The topological polar surface area (TPSA) is 59.4 Å². The Morgan fingerprint density at radius 3 is 2.95 bits per heavy atom. The van der Waals surface area contributed by atoms with E-state index in [1.54, 1.807) is 24.4 Å². The Bertz CT molecular complexity index is 600. The maximum absolute atomic E-state index is 11.1. The van der Waals surface area contributed by atoms with Crippen LogP contribution in [0.1, 0.15) is 19.8 Å². The Kier molecular flexibility index (Phi) is 4.22. The lowest BCUT2D eigenvalue weighted by atomic mass is 10.2. The van der Waals surface area contributed by atoms with Crippen molar-refractivity contribution < 1.29 is 14.6 Å². The van der Waals surface area contributed by atoms with Crippen molar-refractivity contribution in [3.63, 3.8) is 0 Å². The second-order valence-corrected chi connectivity index (χ2v) is 4.59. The van der Waals surface area contributed by atoms with Gasteiger partial charge in [-0.1, -0.05) is 24.9 Å². The normalized spacial score (nSPS) is 12.3. The second kappa shape index (κ2) is 5.89. The minimum absolute atomic E-state index is 0.445. The lowest BCUT2D eigenvalue weighted by molar-refractivity contribution is -0.145. The van der Waals surface area contributed by atoms with Gasteiger partial charge in [-0.25, -0.2) is 4.79 Å². The van der Waals surface area contributed by atoms with Crippen molar-refractivity contribution in [2.45, 2.75) is 25.9 Å². The zero-order valence-electron chi connectivity index (χ0n) is 10.5. The zero-order valence-corrected chi connectivity index (χ0v) is 11.2. The van der Waals surface area contributed by atoms with E-state index < -0.39 is 12.1 Å². The van der Waals surface area contributed by atoms with E-state index in [0.29, 0.717) is 22.7 Å². The molecule has 0 fully saturated rings. The third kappa shape index (κ3) is 2.96. The molecule has 1 aromatic carbocycles. The van der Waals surface area contributed by atoms with Crippen molar-refractivity contribution in [3.8, 4) is 5.75 Å². The number of hydrogen-bond acceptors (Lipinski definition) is 3. The number of hydrogen-bond donors (Lipinski definition) is 1. The summed E-state index contributed by atoms with van der Waals surface area (Å²) in [7, 11) is 0. The Hall–Kier alpha value is -1.81. The number of carboxylic acid groups (broad SMARTS) is 1. The number of fused-ring (bicyclic) bond motifs is 1. The molecule has 2 rings (SSSR count). The first-order valence-electron chi connectivity index (χ1n) is 6.06. The number of carbonyl (C=O) groups is 1. The number of pyridine rings is 1. The van der Waals surface area contributed by atoms with Crippen LogP contribution in [0.25, 0.3) is 10.9 Å². The van der Waals surface area contributed by atoms with E-state index in [-0.39, 0.29) is 0 Å². The van der Waals surface area contributed by atoms with E-state index in [1.807, 2.05) is 13.0 Å². The first kappa shape index (κ1) is 13.6. The molecular weight excluding hydrogens is 266 g/mol. The number of nitrogens with zero attached hydrogens (tertiary/aromatic N) is 1. The molecule has 1 N–H and O–H groups in total. The van der Waals surface area contributed by atoms with Crippen LogP contribution in [0.5, 0.6) is 5.75 Å². The number of carboxylic acids is 1. The van der Waals surface area contributed by atoms with Crippen LogP contribution in [0, 0.1) is 0 Å². The largest absolute Gasteiger partial charge is 0.479 e. The highest BCUT2D eigenvalue weighted by atomic mass is 35.5. The van der Waals surface area contributed by atoms with Crippen LogP contribution in [-0.4, -0.2) is 22.2 Å². The van der Waals surface area contributed by atoms with Crippen molar-refractivity contribution >= 4 is 28.5 Å². The van der Waals surface area contributed by atoms with E-state index >= 15 is 0 Å². The molecule has 19 heavy (non-hydrogen) atoms. The lowest BCUT2D eigenvalue weighted by Gasteiger charge is -2.15. The third-order valence-electron chi connectivity index (χ3n) is 2.77. The molecule has 4 nitrogen and oxygen atoms in total. The Morgan fingerprint density at radius 2 is 2.26 bits per heavy atom. The molecule has 5 heteroatoms. The fraction of sp³-hybridized carbons (Fsp3) is 0.286. The van der Waals surface area contributed by atoms with Crippen LogP contribution in [0.4, 0.5) is 0 Å². The van der Waals surface area contributed by atoms with Crippen LogP contribution >= 0.6 is 11.6 Å². The molecule has 0 spiro atoms. The summed E-state index contributed by atoms with van der Waals surface area (Å²) in [5.41, 5.74) is 0.581. The van der Waals surface area contributed by atoms with Gasteiger partial charge in [0.2, 0.25) is 0 Å². The van der Waals surface area contributed by atoms with Gasteiger partial charge >= 0.3 is 5.97 Å². The zero-order chi connectivity index (χ0) is 13.8. The van der Waals surface area contributed by atoms with Gasteiger partial charge in [0.05, 0.1) is 5.02 Å². The summed E-state index contributed by atoms with van der Waals surface area (Å²) in [6.07, 6.45) is 1.94. The molecule has 0 aliphatic heterocycles. The van der Waals surface area contributed by atoms with Gasteiger partial charge in [-0.15, -0.1) is 0 Å². The molecule has 0 radical (unpaired) electrons. The van der Waals surface area contributed by atoms with Crippen molar-refractivity contribution in [1.29, 1.82) is 0 Å². The molecule has 0 saturated heterocycles. The third-order valence-corrected chi connectivity index (χ3v) is 3.10. The lowest BCUT2D eigenvalue weighted by Crippen LogP contribution is -2.26. The average Bonchev–Trinajstić information content (AvgIpc) is 2.41. The van der Waals surface area contributed by atoms with E-state index in [2.05, 4.69) is 4.98 Å². The van der Waals surface area contributed by atoms with Crippen LogP contribution in [0.3, 0.4) is 0 Å². The van der Waals surface area contributed by atoms with Gasteiger partial charge in [0.25, 0.3) is 0 Å². The molecule has 0 aliphatic carbocycles. The number of rotatable bonds is 5. The van der Waals surface area contributed by atoms with Gasteiger partial charge in [-0.2, -0.15) is 0 Å². The predicted molar refractivity (Wildman–Crippen MR) is 73.7 cm³/mol. The van der Waals surface area contributed by atoms with Gasteiger partial charge in [0.15, 0.2) is 6.10 Å². The van der Waals surface area contributed by atoms with Crippen molar-refractivity contribution in [2.75, 3.05) is 0 Å². The SMILES string of the molecule is CCCC(Oc1ccc(Cl)c2cccnc12)C(=O)O. The second-order valence-electron chi connectivity index (χ2n) is 4.18.